The summed E-state index contributed by atoms with van der Waals surface area (Å²) in [5, 5.41) is 24.0. The van der Waals surface area contributed by atoms with Crippen LogP contribution in [0, 0.1) is 0 Å². The van der Waals surface area contributed by atoms with Crippen LogP contribution in [0.25, 0.3) is 33.5 Å². The summed E-state index contributed by atoms with van der Waals surface area (Å²) in [4.78, 5) is 22.8. The number of rotatable bonds is 7. The van der Waals surface area contributed by atoms with Gasteiger partial charge in [0.2, 0.25) is 0 Å². The van der Waals surface area contributed by atoms with Crippen LogP contribution < -0.4 is 0 Å². The van der Waals surface area contributed by atoms with Crippen molar-refractivity contribution in [2.75, 3.05) is 20.2 Å². The summed E-state index contributed by atoms with van der Waals surface area (Å²) in [6, 6.07) is 11.2. The summed E-state index contributed by atoms with van der Waals surface area (Å²) >= 11 is 0. The van der Waals surface area contributed by atoms with E-state index in [0.717, 1.165) is 4.68 Å². The molecule has 194 valence electrons. The van der Waals surface area contributed by atoms with Gasteiger partial charge in [0.05, 0.1) is 29.1 Å². The fraction of sp³-hybridized carbons (Fsp3) is 0.308. The fourth-order valence-electron chi connectivity index (χ4n) is 3.92. The number of likely N-dealkylation sites (N-methyl/N-ethyl adjacent to an activating group) is 1. The van der Waals surface area contributed by atoms with Crippen molar-refractivity contribution < 1.29 is 28.2 Å². The van der Waals surface area contributed by atoms with Gasteiger partial charge >= 0.3 is 6.18 Å². The minimum Gasteiger partial charge on any atom is -0.395 e. The molecule has 0 aliphatic heterocycles. The van der Waals surface area contributed by atoms with Gasteiger partial charge in [0.25, 0.3) is 5.91 Å². The van der Waals surface area contributed by atoms with Crippen LogP contribution in [-0.4, -0.2) is 67.1 Å². The van der Waals surface area contributed by atoms with E-state index in [-0.39, 0.29) is 35.8 Å². The van der Waals surface area contributed by atoms with E-state index in [0.29, 0.717) is 27.9 Å². The third-order valence-electron chi connectivity index (χ3n) is 5.88. The Hall–Kier alpha value is -3.83. The van der Waals surface area contributed by atoms with Gasteiger partial charge in [-0.2, -0.15) is 18.3 Å². The minimum atomic E-state index is -4.50. The second-order valence-corrected chi connectivity index (χ2v) is 9.22. The first-order chi connectivity index (χ1) is 17.4. The largest absolute Gasteiger partial charge is 0.408 e. The number of aliphatic hydroxyl groups is 2. The zero-order chi connectivity index (χ0) is 27.0. The third kappa shape index (κ3) is 5.78. The first-order valence-corrected chi connectivity index (χ1v) is 11.5. The number of amides is 1. The van der Waals surface area contributed by atoms with E-state index in [2.05, 4.69) is 15.1 Å². The standard InChI is InChI=1S/C26H26F3N5O3/c1-25(2,37)18-8-9-30-21(13-18)17-4-6-20(31-14-17)23-19-12-16(24(36)33(3)10-11-35)5-7-22(19)34(32-23)15-26(27,28)29/h4-9,12-14,35,37H,10-11,15H2,1-3H3. The monoisotopic (exact) mass is 513 g/mol. The van der Waals surface area contributed by atoms with Gasteiger partial charge in [0, 0.05) is 42.5 Å². The summed E-state index contributed by atoms with van der Waals surface area (Å²) in [5.74, 6) is -0.383. The second kappa shape index (κ2) is 9.91. The summed E-state index contributed by atoms with van der Waals surface area (Å²) in [5.41, 5.74) is 1.81. The lowest BCUT2D eigenvalue weighted by molar-refractivity contribution is -0.141. The van der Waals surface area contributed by atoms with E-state index in [9.17, 15) is 23.1 Å². The average Bonchev–Trinajstić information content (AvgIpc) is 3.19. The fourth-order valence-corrected chi connectivity index (χ4v) is 3.92. The van der Waals surface area contributed by atoms with Gasteiger partial charge in [0.1, 0.15) is 12.2 Å². The molecule has 0 bridgehead atoms. The molecule has 4 rings (SSSR count). The smallest absolute Gasteiger partial charge is 0.395 e. The lowest BCUT2D eigenvalue weighted by Gasteiger charge is -2.18. The Bertz CT molecular complexity index is 1430. The van der Waals surface area contributed by atoms with Gasteiger partial charge in [-0.15, -0.1) is 0 Å². The van der Waals surface area contributed by atoms with Crippen LogP contribution in [0.15, 0.2) is 54.9 Å². The Balaban J connectivity index is 1.78. The predicted octanol–water partition coefficient (Wildman–Crippen LogP) is 4.01. The van der Waals surface area contributed by atoms with E-state index in [1.54, 1.807) is 44.3 Å². The number of benzene rings is 1. The van der Waals surface area contributed by atoms with Crippen molar-refractivity contribution in [2.45, 2.75) is 32.2 Å². The van der Waals surface area contributed by atoms with Gasteiger partial charge in [0.15, 0.2) is 0 Å². The molecule has 0 unspecified atom stereocenters. The molecule has 2 N–H and O–H groups in total. The molecule has 0 fully saturated rings. The van der Waals surface area contributed by atoms with Crippen molar-refractivity contribution in [1.82, 2.24) is 24.6 Å². The van der Waals surface area contributed by atoms with Crippen molar-refractivity contribution in [3.8, 4) is 22.6 Å². The van der Waals surface area contributed by atoms with Crippen molar-refractivity contribution in [1.29, 1.82) is 0 Å². The highest BCUT2D eigenvalue weighted by atomic mass is 19.4. The molecule has 0 saturated carbocycles. The highest BCUT2D eigenvalue weighted by Gasteiger charge is 2.30. The SMILES string of the molecule is CN(CCO)C(=O)c1ccc2c(c1)c(-c1ccc(-c3cc(C(C)(C)O)ccn3)cn1)nn2CC(F)(F)F. The second-order valence-electron chi connectivity index (χ2n) is 9.22. The normalized spacial score (nSPS) is 12.2. The van der Waals surface area contributed by atoms with Gasteiger partial charge < -0.3 is 15.1 Å². The van der Waals surface area contributed by atoms with Crippen molar-refractivity contribution >= 4 is 16.8 Å². The Labute approximate surface area is 211 Å². The molecule has 0 radical (unpaired) electrons. The number of carbonyl (C=O) groups excluding carboxylic acids is 1. The highest BCUT2D eigenvalue weighted by Crippen LogP contribution is 2.31. The summed E-state index contributed by atoms with van der Waals surface area (Å²) in [6.07, 6.45) is -1.39. The number of halogens is 3. The van der Waals surface area contributed by atoms with Crippen molar-refractivity contribution in [2.24, 2.45) is 0 Å². The van der Waals surface area contributed by atoms with Crippen LogP contribution in [0.3, 0.4) is 0 Å². The summed E-state index contributed by atoms with van der Waals surface area (Å²) in [7, 11) is 1.53. The Morgan fingerprint density at radius 2 is 1.81 bits per heavy atom. The van der Waals surface area contributed by atoms with Crippen LogP contribution in [0.1, 0.15) is 29.8 Å². The zero-order valence-electron chi connectivity index (χ0n) is 20.5. The number of aromatic nitrogens is 4. The maximum absolute atomic E-state index is 13.3. The minimum absolute atomic E-state index is 0.114. The Morgan fingerprint density at radius 1 is 1.05 bits per heavy atom. The van der Waals surface area contributed by atoms with E-state index < -0.39 is 18.3 Å². The molecular weight excluding hydrogens is 487 g/mol. The van der Waals surface area contributed by atoms with Gasteiger partial charge in [-0.1, -0.05) is 0 Å². The number of carbonyl (C=O) groups is 1. The molecule has 0 atom stereocenters. The summed E-state index contributed by atoms with van der Waals surface area (Å²) < 4.78 is 40.6. The topological polar surface area (TPSA) is 104 Å². The van der Waals surface area contributed by atoms with Crippen LogP contribution in [0.2, 0.25) is 0 Å². The van der Waals surface area contributed by atoms with Crippen LogP contribution in [0.5, 0.6) is 0 Å². The molecule has 0 saturated heterocycles. The van der Waals surface area contributed by atoms with Gasteiger partial charge in [-0.3, -0.25) is 19.4 Å². The third-order valence-corrected chi connectivity index (χ3v) is 5.88. The summed E-state index contributed by atoms with van der Waals surface area (Å²) in [6.45, 7) is 1.92. The number of fused-ring (bicyclic) bond motifs is 1. The first kappa shape index (κ1) is 26.2. The molecule has 1 amide bonds. The van der Waals surface area contributed by atoms with E-state index in [1.165, 1.54) is 36.3 Å². The molecule has 3 heterocycles. The molecule has 8 nitrogen and oxygen atoms in total. The first-order valence-electron chi connectivity index (χ1n) is 11.5. The highest BCUT2D eigenvalue weighted by molar-refractivity contribution is 6.01. The van der Waals surface area contributed by atoms with E-state index in [4.69, 9.17) is 5.11 Å². The van der Waals surface area contributed by atoms with Gasteiger partial charge in [-0.25, -0.2) is 0 Å². The molecule has 0 spiro atoms. The van der Waals surface area contributed by atoms with Crippen molar-refractivity contribution in [3.05, 3.63) is 66.0 Å². The van der Waals surface area contributed by atoms with Crippen LogP contribution in [-0.2, 0) is 12.1 Å². The van der Waals surface area contributed by atoms with Crippen LogP contribution in [0.4, 0.5) is 13.2 Å². The maximum Gasteiger partial charge on any atom is 0.408 e. The molecule has 3 aromatic heterocycles. The number of alkyl halides is 3. The average molecular weight is 514 g/mol. The molecule has 11 heteroatoms. The van der Waals surface area contributed by atoms with E-state index in [1.807, 2.05) is 0 Å². The lowest BCUT2D eigenvalue weighted by atomic mass is 9.98. The van der Waals surface area contributed by atoms with Crippen molar-refractivity contribution in [3.63, 3.8) is 0 Å². The molecule has 1 aromatic carbocycles. The number of hydrogen-bond acceptors (Lipinski definition) is 6. The molecule has 0 aliphatic carbocycles. The quantitative estimate of drug-likeness (QED) is 0.387. The predicted molar refractivity (Wildman–Crippen MR) is 132 cm³/mol. The number of pyridine rings is 2. The zero-order valence-corrected chi connectivity index (χ0v) is 20.5. The van der Waals surface area contributed by atoms with Gasteiger partial charge in [-0.05, 0) is 61.9 Å². The molecule has 37 heavy (non-hydrogen) atoms. The number of aliphatic hydroxyl groups excluding tert-OH is 1. The number of hydrogen-bond donors (Lipinski definition) is 2. The Kier molecular flexibility index (Phi) is 7.03. The van der Waals surface area contributed by atoms with E-state index >= 15 is 0 Å². The maximum atomic E-state index is 13.3. The molecular formula is C26H26F3N5O3. The number of nitrogens with zero attached hydrogens (tertiary/aromatic N) is 5. The van der Waals surface area contributed by atoms with Crippen LogP contribution >= 0.6 is 0 Å². The lowest BCUT2D eigenvalue weighted by Crippen LogP contribution is -2.29. The Morgan fingerprint density at radius 3 is 2.43 bits per heavy atom. The molecule has 0 aliphatic rings. The molecule has 4 aromatic rings.